The van der Waals surface area contributed by atoms with Crippen LogP contribution in [0.2, 0.25) is 0 Å². The quantitative estimate of drug-likeness (QED) is 0.712. The maximum Gasteiger partial charge on any atom is 0.274 e. The van der Waals surface area contributed by atoms with Gasteiger partial charge in [-0.15, -0.1) is 11.3 Å². The Labute approximate surface area is 169 Å². The van der Waals surface area contributed by atoms with E-state index in [9.17, 15) is 4.79 Å². The Morgan fingerprint density at radius 2 is 1.96 bits per heavy atom. The topological polar surface area (TPSA) is 69.5 Å². The summed E-state index contributed by atoms with van der Waals surface area (Å²) in [6.45, 7) is 5.05. The standard InChI is InChI=1S/C20H28N6OS/c1-15-12-16(23-22-15)13-24(2)14-17-18(21-20-26(17)10-11-28-20)19(27)25-8-6-4-3-5-7-9-25/h10-12H,3-9,13-14H2,1-2H3,(H,22,23). The summed E-state index contributed by atoms with van der Waals surface area (Å²) in [5.41, 5.74) is 3.64. The molecule has 4 rings (SSSR count). The van der Waals surface area contributed by atoms with Crippen LogP contribution in [0.5, 0.6) is 0 Å². The lowest BCUT2D eigenvalue weighted by Crippen LogP contribution is -2.35. The van der Waals surface area contributed by atoms with Crippen molar-refractivity contribution in [1.29, 1.82) is 0 Å². The first-order valence-electron chi connectivity index (χ1n) is 10.0. The first-order chi connectivity index (χ1) is 13.6. The lowest BCUT2D eigenvalue weighted by atomic mass is 10.1. The van der Waals surface area contributed by atoms with Crippen molar-refractivity contribution in [3.8, 4) is 0 Å². The largest absolute Gasteiger partial charge is 0.337 e. The molecule has 0 aromatic carbocycles. The van der Waals surface area contributed by atoms with Gasteiger partial charge in [-0.05, 0) is 32.9 Å². The van der Waals surface area contributed by atoms with Crippen LogP contribution in [0.1, 0.15) is 59.7 Å². The van der Waals surface area contributed by atoms with Crippen molar-refractivity contribution in [3.05, 3.63) is 40.4 Å². The van der Waals surface area contributed by atoms with Crippen LogP contribution in [-0.4, -0.2) is 55.4 Å². The van der Waals surface area contributed by atoms with E-state index in [1.165, 1.54) is 19.3 Å². The summed E-state index contributed by atoms with van der Waals surface area (Å²) in [5.74, 6) is 0.0804. The third-order valence-electron chi connectivity index (χ3n) is 5.32. The van der Waals surface area contributed by atoms with Gasteiger partial charge >= 0.3 is 0 Å². The first kappa shape index (κ1) is 19.1. The molecule has 0 radical (unpaired) electrons. The number of aryl methyl sites for hydroxylation is 1. The zero-order valence-electron chi connectivity index (χ0n) is 16.6. The molecule has 150 valence electrons. The predicted octanol–water partition coefficient (Wildman–Crippen LogP) is 3.47. The van der Waals surface area contributed by atoms with Crippen molar-refractivity contribution in [2.24, 2.45) is 0 Å². The maximum absolute atomic E-state index is 13.3. The zero-order valence-corrected chi connectivity index (χ0v) is 17.5. The van der Waals surface area contributed by atoms with Gasteiger partial charge in [0.2, 0.25) is 0 Å². The number of imidazole rings is 1. The number of fused-ring (bicyclic) bond motifs is 1. The molecule has 3 aromatic rings. The Bertz CT molecular complexity index is 934. The Hall–Kier alpha value is -2.19. The fourth-order valence-corrected chi connectivity index (χ4v) is 4.63. The highest BCUT2D eigenvalue weighted by atomic mass is 32.1. The second-order valence-corrected chi connectivity index (χ2v) is 8.61. The third kappa shape index (κ3) is 4.12. The molecular weight excluding hydrogens is 372 g/mol. The number of thiazole rings is 1. The molecule has 0 bridgehead atoms. The van der Waals surface area contributed by atoms with Crippen LogP contribution in [0.3, 0.4) is 0 Å². The van der Waals surface area contributed by atoms with E-state index >= 15 is 0 Å². The predicted molar refractivity (Wildman–Crippen MR) is 111 cm³/mol. The lowest BCUT2D eigenvalue weighted by molar-refractivity contribution is 0.0735. The molecule has 8 heteroatoms. The number of hydrogen-bond donors (Lipinski definition) is 1. The number of aromatic amines is 1. The second kappa shape index (κ2) is 8.45. The van der Waals surface area contributed by atoms with Crippen molar-refractivity contribution in [1.82, 2.24) is 29.4 Å². The maximum atomic E-state index is 13.3. The van der Waals surface area contributed by atoms with Gasteiger partial charge in [0, 0.05) is 43.4 Å². The van der Waals surface area contributed by atoms with Gasteiger partial charge in [0.05, 0.1) is 11.4 Å². The minimum absolute atomic E-state index is 0.0804. The molecule has 7 nitrogen and oxygen atoms in total. The molecule has 1 N–H and O–H groups in total. The molecule has 1 fully saturated rings. The molecule has 1 saturated heterocycles. The van der Waals surface area contributed by atoms with Gasteiger partial charge in [0.1, 0.15) is 0 Å². The van der Waals surface area contributed by atoms with Crippen molar-refractivity contribution in [3.63, 3.8) is 0 Å². The number of amides is 1. The fourth-order valence-electron chi connectivity index (χ4n) is 3.90. The fraction of sp³-hybridized carbons (Fsp3) is 0.550. The minimum Gasteiger partial charge on any atom is -0.337 e. The molecule has 3 aromatic heterocycles. The molecule has 28 heavy (non-hydrogen) atoms. The zero-order chi connectivity index (χ0) is 19.5. The number of nitrogens with zero attached hydrogens (tertiary/aromatic N) is 5. The SMILES string of the molecule is Cc1cc(CN(C)Cc2c(C(=O)N3CCCCCCC3)nc3sccn23)n[nH]1. The van der Waals surface area contributed by atoms with Crippen LogP contribution in [-0.2, 0) is 13.1 Å². The molecule has 4 heterocycles. The number of hydrogen-bond acceptors (Lipinski definition) is 5. The van der Waals surface area contributed by atoms with Crippen molar-refractivity contribution >= 4 is 22.2 Å². The van der Waals surface area contributed by atoms with E-state index in [2.05, 4.69) is 32.6 Å². The highest BCUT2D eigenvalue weighted by Crippen LogP contribution is 2.22. The number of carbonyl (C=O) groups is 1. The Morgan fingerprint density at radius 3 is 2.68 bits per heavy atom. The van der Waals surface area contributed by atoms with Crippen molar-refractivity contribution in [2.45, 2.75) is 52.1 Å². The molecule has 1 aliphatic rings. The summed E-state index contributed by atoms with van der Waals surface area (Å²) < 4.78 is 2.06. The number of aromatic nitrogens is 4. The van der Waals surface area contributed by atoms with E-state index in [0.29, 0.717) is 12.2 Å². The van der Waals surface area contributed by atoms with E-state index in [1.54, 1.807) is 11.3 Å². The summed E-state index contributed by atoms with van der Waals surface area (Å²) in [6.07, 6.45) is 7.88. The Morgan fingerprint density at radius 1 is 1.21 bits per heavy atom. The van der Waals surface area contributed by atoms with Gasteiger partial charge in [-0.25, -0.2) is 4.98 Å². The number of likely N-dealkylation sites (tertiary alicyclic amines) is 1. The van der Waals surface area contributed by atoms with Crippen LogP contribution in [0, 0.1) is 6.92 Å². The second-order valence-electron chi connectivity index (χ2n) is 7.74. The van der Waals surface area contributed by atoms with Gasteiger partial charge in [-0.2, -0.15) is 5.10 Å². The molecule has 0 aliphatic carbocycles. The molecule has 0 atom stereocenters. The Balaban J connectivity index is 1.56. The van der Waals surface area contributed by atoms with E-state index in [-0.39, 0.29) is 5.91 Å². The van der Waals surface area contributed by atoms with E-state index in [1.807, 2.05) is 23.4 Å². The van der Waals surface area contributed by atoms with Crippen LogP contribution in [0.25, 0.3) is 4.96 Å². The highest BCUT2D eigenvalue weighted by Gasteiger charge is 2.25. The number of nitrogens with one attached hydrogen (secondary N) is 1. The molecule has 0 saturated carbocycles. The van der Waals surface area contributed by atoms with Crippen molar-refractivity contribution < 1.29 is 4.79 Å². The average Bonchev–Trinajstić information content (AvgIpc) is 3.32. The number of carbonyl (C=O) groups excluding carboxylic acids is 1. The summed E-state index contributed by atoms with van der Waals surface area (Å²) in [7, 11) is 2.06. The van der Waals surface area contributed by atoms with Gasteiger partial charge in [-0.3, -0.25) is 19.2 Å². The van der Waals surface area contributed by atoms with E-state index in [0.717, 1.165) is 54.5 Å². The van der Waals surface area contributed by atoms with Crippen LogP contribution < -0.4 is 0 Å². The minimum atomic E-state index is 0.0804. The number of rotatable bonds is 5. The molecule has 0 unspecified atom stereocenters. The van der Waals surface area contributed by atoms with Crippen LogP contribution >= 0.6 is 11.3 Å². The van der Waals surface area contributed by atoms with Gasteiger partial charge in [-0.1, -0.05) is 19.3 Å². The highest BCUT2D eigenvalue weighted by molar-refractivity contribution is 7.15. The first-order valence-corrected chi connectivity index (χ1v) is 10.9. The molecule has 1 amide bonds. The van der Waals surface area contributed by atoms with E-state index in [4.69, 9.17) is 4.98 Å². The normalized spacial score (nSPS) is 15.9. The summed E-state index contributed by atoms with van der Waals surface area (Å²) in [5, 5.41) is 9.34. The monoisotopic (exact) mass is 400 g/mol. The molecule has 0 spiro atoms. The summed E-state index contributed by atoms with van der Waals surface area (Å²) >= 11 is 1.57. The van der Waals surface area contributed by atoms with Crippen molar-refractivity contribution in [2.75, 3.05) is 20.1 Å². The van der Waals surface area contributed by atoms with Gasteiger partial charge in [0.25, 0.3) is 5.91 Å². The smallest absolute Gasteiger partial charge is 0.274 e. The summed E-state index contributed by atoms with van der Waals surface area (Å²) in [6, 6.07) is 2.05. The average molecular weight is 401 g/mol. The van der Waals surface area contributed by atoms with Crippen LogP contribution in [0.4, 0.5) is 0 Å². The Kier molecular flexibility index (Phi) is 5.77. The third-order valence-corrected chi connectivity index (χ3v) is 6.07. The lowest BCUT2D eigenvalue weighted by Gasteiger charge is -2.25. The van der Waals surface area contributed by atoms with Gasteiger partial charge in [0.15, 0.2) is 10.7 Å². The van der Waals surface area contributed by atoms with E-state index < -0.39 is 0 Å². The van der Waals surface area contributed by atoms with Gasteiger partial charge < -0.3 is 4.90 Å². The summed E-state index contributed by atoms with van der Waals surface area (Å²) in [4.78, 5) is 23.1. The molecular formula is C20H28N6OS. The molecule has 1 aliphatic heterocycles. The van der Waals surface area contributed by atoms with Crippen LogP contribution in [0.15, 0.2) is 17.6 Å². The number of H-pyrrole nitrogens is 1.